The van der Waals surface area contributed by atoms with Crippen molar-refractivity contribution < 1.29 is 0 Å². The zero-order valence-corrected chi connectivity index (χ0v) is 12.2. The molecule has 1 fully saturated rings. The van der Waals surface area contributed by atoms with Crippen LogP contribution in [0.4, 0.5) is 5.95 Å². The van der Waals surface area contributed by atoms with Gasteiger partial charge in [-0.3, -0.25) is 0 Å². The fourth-order valence-corrected chi connectivity index (χ4v) is 3.17. The van der Waals surface area contributed by atoms with Gasteiger partial charge in [-0.05, 0) is 37.0 Å². The average Bonchev–Trinajstić information content (AvgIpc) is 2.72. The van der Waals surface area contributed by atoms with Crippen molar-refractivity contribution >= 4 is 5.95 Å². The summed E-state index contributed by atoms with van der Waals surface area (Å²) in [6, 6.07) is 0.626. The lowest BCUT2D eigenvalue weighted by molar-refractivity contribution is 0.222. The van der Waals surface area contributed by atoms with Crippen molar-refractivity contribution in [2.75, 3.05) is 11.9 Å². The van der Waals surface area contributed by atoms with E-state index in [2.05, 4.69) is 48.8 Å². The lowest BCUT2D eigenvalue weighted by Crippen LogP contribution is -2.24. The summed E-state index contributed by atoms with van der Waals surface area (Å²) in [5.41, 5.74) is 0. The largest absolute Gasteiger partial charge is 0.355 e. The normalized spacial score (nSPS) is 28.6. The van der Waals surface area contributed by atoms with E-state index in [-0.39, 0.29) is 0 Å². The van der Waals surface area contributed by atoms with Crippen molar-refractivity contribution in [3.05, 3.63) is 12.4 Å². The van der Waals surface area contributed by atoms with Gasteiger partial charge in [0.2, 0.25) is 5.95 Å². The molecule has 1 aliphatic rings. The summed E-state index contributed by atoms with van der Waals surface area (Å²) in [6.07, 6.45) is 8.01. The molecule has 2 unspecified atom stereocenters. The van der Waals surface area contributed by atoms with Crippen LogP contribution in [-0.2, 0) is 0 Å². The van der Waals surface area contributed by atoms with Gasteiger partial charge in [0.15, 0.2) is 0 Å². The lowest BCUT2D eigenvalue weighted by Gasteiger charge is -2.33. The SMILES string of the molecule is CC(C)CNc1nccn1C1CC(C)CC(C)C1. The molecule has 1 aliphatic carbocycles. The Morgan fingerprint density at radius 3 is 2.56 bits per heavy atom. The minimum Gasteiger partial charge on any atom is -0.355 e. The first-order valence-electron chi connectivity index (χ1n) is 7.33. The maximum absolute atomic E-state index is 4.47. The minimum absolute atomic E-state index is 0.626. The number of aromatic nitrogens is 2. The number of hydrogen-bond acceptors (Lipinski definition) is 2. The Hall–Kier alpha value is -0.990. The molecular formula is C15H27N3. The van der Waals surface area contributed by atoms with Crippen LogP contribution in [0.2, 0.25) is 0 Å². The maximum Gasteiger partial charge on any atom is 0.203 e. The monoisotopic (exact) mass is 249 g/mol. The predicted octanol–water partition coefficient (Wildman–Crippen LogP) is 3.95. The van der Waals surface area contributed by atoms with E-state index in [0.717, 1.165) is 24.3 Å². The summed E-state index contributed by atoms with van der Waals surface area (Å²) in [6.45, 7) is 10.2. The highest BCUT2D eigenvalue weighted by atomic mass is 15.2. The average molecular weight is 249 g/mol. The van der Waals surface area contributed by atoms with E-state index in [1.807, 2.05) is 6.20 Å². The van der Waals surface area contributed by atoms with E-state index in [1.54, 1.807) is 0 Å². The van der Waals surface area contributed by atoms with Gasteiger partial charge in [0.1, 0.15) is 0 Å². The highest BCUT2D eigenvalue weighted by molar-refractivity contribution is 5.26. The van der Waals surface area contributed by atoms with Gasteiger partial charge in [-0.25, -0.2) is 4.98 Å². The number of rotatable bonds is 4. The zero-order valence-electron chi connectivity index (χ0n) is 12.2. The van der Waals surface area contributed by atoms with E-state index in [1.165, 1.54) is 19.3 Å². The van der Waals surface area contributed by atoms with Crippen LogP contribution in [0.15, 0.2) is 12.4 Å². The standard InChI is InChI=1S/C15H27N3/c1-11(2)10-17-15-16-5-6-18(15)14-8-12(3)7-13(4)9-14/h5-6,11-14H,7-10H2,1-4H3,(H,16,17). The second-order valence-electron chi connectivity index (χ2n) is 6.50. The molecule has 0 aliphatic heterocycles. The van der Waals surface area contributed by atoms with Crippen LogP contribution >= 0.6 is 0 Å². The summed E-state index contributed by atoms with van der Waals surface area (Å²) < 4.78 is 2.36. The molecule has 102 valence electrons. The third kappa shape index (κ3) is 3.27. The molecule has 0 bridgehead atoms. The topological polar surface area (TPSA) is 29.9 Å². The summed E-state index contributed by atoms with van der Waals surface area (Å²) in [7, 11) is 0. The highest BCUT2D eigenvalue weighted by Crippen LogP contribution is 2.37. The van der Waals surface area contributed by atoms with Gasteiger partial charge in [-0.2, -0.15) is 0 Å². The number of nitrogens with zero attached hydrogens (tertiary/aromatic N) is 2. The molecule has 0 amide bonds. The molecule has 1 heterocycles. The molecule has 0 aromatic carbocycles. The van der Waals surface area contributed by atoms with E-state index < -0.39 is 0 Å². The third-order valence-electron chi connectivity index (χ3n) is 3.88. The van der Waals surface area contributed by atoms with Crippen LogP contribution in [0.5, 0.6) is 0 Å². The lowest BCUT2D eigenvalue weighted by atomic mass is 9.80. The molecule has 0 spiro atoms. The maximum atomic E-state index is 4.47. The Kier molecular flexibility index (Phi) is 4.31. The van der Waals surface area contributed by atoms with Crippen molar-refractivity contribution in [2.24, 2.45) is 17.8 Å². The molecule has 1 aromatic rings. The van der Waals surface area contributed by atoms with Gasteiger partial charge >= 0.3 is 0 Å². The molecule has 1 aromatic heterocycles. The fraction of sp³-hybridized carbons (Fsp3) is 0.800. The first kappa shape index (κ1) is 13.4. The second-order valence-corrected chi connectivity index (χ2v) is 6.50. The van der Waals surface area contributed by atoms with Crippen LogP contribution in [0, 0.1) is 17.8 Å². The fourth-order valence-electron chi connectivity index (χ4n) is 3.17. The highest BCUT2D eigenvalue weighted by Gasteiger charge is 2.26. The minimum atomic E-state index is 0.626. The van der Waals surface area contributed by atoms with E-state index in [9.17, 15) is 0 Å². The van der Waals surface area contributed by atoms with E-state index >= 15 is 0 Å². The molecule has 0 radical (unpaired) electrons. The number of imidazole rings is 1. The molecule has 0 saturated heterocycles. The van der Waals surface area contributed by atoms with Crippen LogP contribution in [0.25, 0.3) is 0 Å². The molecule has 3 nitrogen and oxygen atoms in total. The number of nitrogens with one attached hydrogen (secondary N) is 1. The summed E-state index contributed by atoms with van der Waals surface area (Å²) in [4.78, 5) is 4.47. The van der Waals surface area contributed by atoms with Gasteiger partial charge in [0, 0.05) is 25.0 Å². The van der Waals surface area contributed by atoms with Gasteiger partial charge in [-0.1, -0.05) is 27.7 Å². The molecule has 1 saturated carbocycles. The van der Waals surface area contributed by atoms with Crippen molar-refractivity contribution in [1.29, 1.82) is 0 Å². The van der Waals surface area contributed by atoms with Crippen molar-refractivity contribution in [3.63, 3.8) is 0 Å². The summed E-state index contributed by atoms with van der Waals surface area (Å²) in [5.74, 6) is 3.37. The van der Waals surface area contributed by atoms with Crippen LogP contribution in [0.1, 0.15) is 53.0 Å². The number of anilines is 1. The Morgan fingerprint density at radius 2 is 1.94 bits per heavy atom. The van der Waals surface area contributed by atoms with Gasteiger partial charge in [0.05, 0.1) is 0 Å². The van der Waals surface area contributed by atoms with Crippen LogP contribution in [0.3, 0.4) is 0 Å². The predicted molar refractivity (Wildman–Crippen MR) is 76.8 cm³/mol. The Balaban J connectivity index is 2.05. The molecule has 3 heteroatoms. The van der Waals surface area contributed by atoms with Crippen molar-refractivity contribution in [3.8, 4) is 0 Å². The van der Waals surface area contributed by atoms with Gasteiger partial charge in [0.25, 0.3) is 0 Å². The van der Waals surface area contributed by atoms with Crippen LogP contribution < -0.4 is 5.32 Å². The second kappa shape index (κ2) is 5.77. The van der Waals surface area contributed by atoms with Crippen molar-refractivity contribution in [2.45, 2.75) is 53.0 Å². The zero-order chi connectivity index (χ0) is 13.1. The summed E-state index contributed by atoms with van der Waals surface area (Å²) >= 11 is 0. The van der Waals surface area contributed by atoms with E-state index in [4.69, 9.17) is 0 Å². The number of hydrogen-bond donors (Lipinski definition) is 1. The Labute approximate surface area is 111 Å². The summed E-state index contributed by atoms with van der Waals surface area (Å²) in [5, 5.41) is 3.47. The van der Waals surface area contributed by atoms with Gasteiger partial charge < -0.3 is 9.88 Å². The molecule has 18 heavy (non-hydrogen) atoms. The molecule has 2 rings (SSSR count). The van der Waals surface area contributed by atoms with E-state index in [0.29, 0.717) is 12.0 Å². The molecular weight excluding hydrogens is 222 g/mol. The Morgan fingerprint density at radius 1 is 1.28 bits per heavy atom. The van der Waals surface area contributed by atoms with Crippen LogP contribution in [-0.4, -0.2) is 16.1 Å². The smallest absolute Gasteiger partial charge is 0.203 e. The van der Waals surface area contributed by atoms with Crippen molar-refractivity contribution in [1.82, 2.24) is 9.55 Å². The first-order chi connectivity index (χ1) is 8.56. The quantitative estimate of drug-likeness (QED) is 0.875. The third-order valence-corrected chi connectivity index (χ3v) is 3.88. The molecule has 1 N–H and O–H groups in total. The first-order valence-corrected chi connectivity index (χ1v) is 7.33. The molecule has 2 atom stereocenters. The Bertz CT molecular complexity index is 360. The van der Waals surface area contributed by atoms with Gasteiger partial charge in [-0.15, -0.1) is 0 Å².